The normalized spacial score (nSPS) is 16.8. The Balaban J connectivity index is 1.84. The summed E-state index contributed by atoms with van der Waals surface area (Å²) in [5.41, 5.74) is 1.06. The minimum absolute atomic E-state index is 0.0977. The van der Waals surface area contributed by atoms with Crippen LogP contribution in [0.4, 0.5) is 13.6 Å². The predicted octanol–water partition coefficient (Wildman–Crippen LogP) is 2.76. The molecule has 1 aliphatic rings. The zero-order valence-electron chi connectivity index (χ0n) is 17.8. The molecule has 3 N–H and O–H groups in total. The highest BCUT2D eigenvalue weighted by Crippen LogP contribution is 2.27. The van der Waals surface area contributed by atoms with Gasteiger partial charge in [-0.2, -0.15) is 0 Å². The molecule has 0 spiro atoms. The van der Waals surface area contributed by atoms with E-state index < -0.39 is 53.8 Å². The number of Topliss-reactive ketones (excluding diaryl/α,β-unsaturated/α-hetero) is 1. The van der Waals surface area contributed by atoms with Gasteiger partial charge in [-0.3, -0.25) is 14.4 Å². The first-order chi connectivity index (χ1) is 15.6. The molecule has 1 aliphatic heterocycles. The number of amides is 3. The molecule has 1 heterocycles. The zero-order chi connectivity index (χ0) is 24.3. The van der Waals surface area contributed by atoms with Gasteiger partial charge in [0, 0.05) is 30.5 Å². The highest BCUT2D eigenvalue weighted by Gasteiger charge is 2.35. The van der Waals surface area contributed by atoms with Crippen molar-refractivity contribution in [1.29, 1.82) is 0 Å². The molecule has 3 rings (SSSR count). The number of halogens is 2. The van der Waals surface area contributed by atoms with Crippen molar-refractivity contribution in [3.8, 4) is 11.1 Å². The van der Waals surface area contributed by atoms with E-state index in [0.717, 1.165) is 12.1 Å². The van der Waals surface area contributed by atoms with E-state index in [1.165, 1.54) is 43.3 Å². The Kier molecular flexibility index (Phi) is 6.86. The molecule has 3 amide bonds. The quantitative estimate of drug-likeness (QED) is 0.577. The van der Waals surface area contributed by atoms with E-state index in [9.17, 15) is 33.1 Å². The van der Waals surface area contributed by atoms with E-state index in [4.69, 9.17) is 0 Å². The van der Waals surface area contributed by atoms with Gasteiger partial charge in [-0.25, -0.2) is 13.6 Å². The van der Waals surface area contributed by atoms with Crippen LogP contribution in [0.15, 0.2) is 54.2 Å². The average molecular weight is 457 g/mol. The van der Waals surface area contributed by atoms with Crippen molar-refractivity contribution < 1.29 is 33.1 Å². The van der Waals surface area contributed by atoms with Crippen LogP contribution >= 0.6 is 0 Å². The van der Waals surface area contributed by atoms with Crippen LogP contribution in [0.2, 0.25) is 0 Å². The van der Waals surface area contributed by atoms with Crippen molar-refractivity contribution in [2.45, 2.75) is 25.4 Å². The second-order valence-corrected chi connectivity index (χ2v) is 7.58. The number of nitrogens with one attached hydrogen (secondary N) is 2. The number of urea groups is 1. The summed E-state index contributed by atoms with van der Waals surface area (Å²) < 4.78 is 27.4. The number of rotatable bonds is 6. The molecule has 0 aromatic heterocycles. The Morgan fingerprint density at radius 3 is 2.55 bits per heavy atom. The van der Waals surface area contributed by atoms with Gasteiger partial charge in [-0.1, -0.05) is 18.2 Å². The van der Waals surface area contributed by atoms with E-state index in [1.807, 2.05) is 0 Å². The summed E-state index contributed by atoms with van der Waals surface area (Å²) in [6.07, 6.45) is 0.836. The summed E-state index contributed by atoms with van der Waals surface area (Å²) in [6.45, 7) is 1.51. The van der Waals surface area contributed by atoms with Crippen molar-refractivity contribution in [2.24, 2.45) is 0 Å². The van der Waals surface area contributed by atoms with Gasteiger partial charge in [-0.15, -0.1) is 0 Å². The molecule has 2 aromatic carbocycles. The van der Waals surface area contributed by atoms with Gasteiger partial charge in [0.2, 0.25) is 0 Å². The molecule has 0 saturated heterocycles. The van der Waals surface area contributed by atoms with Crippen LogP contribution in [0.1, 0.15) is 24.9 Å². The van der Waals surface area contributed by atoms with Crippen LogP contribution in [-0.4, -0.2) is 46.8 Å². The number of hydrogen-bond donors (Lipinski definition) is 3. The van der Waals surface area contributed by atoms with E-state index in [-0.39, 0.29) is 11.1 Å². The second kappa shape index (κ2) is 9.60. The van der Waals surface area contributed by atoms with Gasteiger partial charge in [0.25, 0.3) is 5.91 Å². The highest BCUT2D eigenvalue weighted by atomic mass is 19.1. The summed E-state index contributed by atoms with van der Waals surface area (Å²) >= 11 is 0. The number of likely N-dealkylation sites (N-methyl/N-ethyl adjacent to an activating group) is 1. The summed E-state index contributed by atoms with van der Waals surface area (Å²) in [5.74, 6) is -3.96. The summed E-state index contributed by atoms with van der Waals surface area (Å²) in [4.78, 5) is 49.7. The molecule has 0 fully saturated rings. The van der Waals surface area contributed by atoms with E-state index in [0.29, 0.717) is 11.1 Å². The third-order valence-electron chi connectivity index (χ3n) is 5.12. The molecule has 0 saturated carbocycles. The Bertz CT molecular complexity index is 1160. The van der Waals surface area contributed by atoms with Gasteiger partial charge < -0.3 is 20.6 Å². The summed E-state index contributed by atoms with van der Waals surface area (Å²) in [6, 6.07) is 5.77. The first-order valence-corrected chi connectivity index (χ1v) is 9.90. The third kappa shape index (κ3) is 5.40. The maximum absolute atomic E-state index is 14.2. The molecule has 2 atom stereocenters. The standard InChI is InChI=1S/C23H21F2N3O5/c1-12-11-28(2)22(32)20(21(12)31)27-23(33)26-18(10-19(29)30)14-5-3-4-13(8-14)16-7-6-15(24)9-17(16)25/h3-9,11,18,20H,10H2,1-2H3,(H,29,30)(H2,26,27,33). The molecular weight excluding hydrogens is 436 g/mol. The van der Waals surface area contributed by atoms with E-state index >= 15 is 0 Å². The fraction of sp³-hybridized carbons (Fsp3) is 0.217. The molecule has 2 aromatic rings. The molecule has 33 heavy (non-hydrogen) atoms. The molecule has 2 unspecified atom stereocenters. The Hall–Kier alpha value is -4.08. The number of carbonyl (C=O) groups excluding carboxylic acids is 3. The lowest BCUT2D eigenvalue weighted by Crippen LogP contribution is -2.56. The van der Waals surface area contributed by atoms with Gasteiger partial charge >= 0.3 is 12.0 Å². The highest BCUT2D eigenvalue weighted by molar-refractivity contribution is 6.16. The first kappa shape index (κ1) is 23.6. The summed E-state index contributed by atoms with van der Waals surface area (Å²) in [7, 11) is 1.44. The van der Waals surface area contributed by atoms with E-state index in [1.54, 1.807) is 12.1 Å². The largest absolute Gasteiger partial charge is 0.481 e. The SMILES string of the molecule is CC1=CN(C)C(=O)C(NC(=O)NC(CC(=O)O)c2cccc(-c3ccc(F)cc3F)c2)C1=O. The minimum atomic E-state index is -1.44. The number of aliphatic carboxylic acids is 1. The monoisotopic (exact) mass is 457 g/mol. The van der Waals surface area contributed by atoms with Crippen molar-refractivity contribution in [3.05, 3.63) is 71.4 Å². The lowest BCUT2D eigenvalue weighted by molar-refractivity contribution is -0.138. The molecule has 0 radical (unpaired) electrons. The van der Waals surface area contributed by atoms with Crippen LogP contribution < -0.4 is 10.6 Å². The Morgan fingerprint density at radius 2 is 1.88 bits per heavy atom. The minimum Gasteiger partial charge on any atom is -0.481 e. The first-order valence-electron chi connectivity index (χ1n) is 9.90. The fourth-order valence-electron chi connectivity index (χ4n) is 3.49. The van der Waals surface area contributed by atoms with Gasteiger partial charge in [0.15, 0.2) is 11.8 Å². The summed E-state index contributed by atoms with van der Waals surface area (Å²) in [5, 5.41) is 14.0. The Morgan fingerprint density at radius 1 is 1.15 bits per heavy atom. The molecule has 172 valence electrons. The van der Waals surface area contributed by atoms with Crippen LogP contribution in [0, 0.1) is 11.6 Å². The van der Waals surface area contributed by atoms with Crippen molar-refractivity contribution in [1.82, 2.24) is 15.5 Å². The number of nitrogens with zero attached hydrogens (tertiary/aromatic N) is 1. The van der Waals surface area contributed by atoms with E-state index in [2.05, 4.69) is 10.6 Å². The lowest BCUT2D eigenvalue weighted by atomic mass is 9.97. The average Bonchev–Trinajstić information content (AvgIpc) is 2.74. The topological polar surface area (TPSA) is 116 Å². The zero-order valence-corrected chi connectivity index (χ0v) is 17.8. The molecular formula is C23H21F2N3O5. The predicted molar refractivity (Wildman–Crippen MR) is 114 cm³/mol. The number of hydrogen-bond acceptors (Lipinski definition) is 4. The third-order valence-corrected chi connectivity index (χ3v) is 5.12. The van der Waals surface area contributed by atoms with Crippen LogP contribution in [0.5, 0.6) is 0 Å². The molecule has 8 nitrogen and oxygen atoms in total. The smallest absolute Gasteiger partial charge is 0.316 e. The number of carboxylic acids is 1. The fourth-order valence-corrected chi connectivity index (χ4v) is 3.49. The van der Waals surface area contributed by atoms with Gasteiger partial charge in [0.1, 0.15) is 11.6 Å². The van der Waals surface area contributed by atoms with Crippen molar-refractivity contribution >= 4 is 23.7 Å². The maximum Gasteiger partial charge on any atom is 0.316 e. The van der Waals surface area contributed by atoms with Crippen LogP contribution in [0.3, 0.4) is 0 Å². The molecule has 0 aliphatic carbocycles. The number of benzene rings is 2. The number of carbonyl (C=O) groups is 4. The lowest BCUT2D eigenvalue weighted by Gasteiger charge is -2.27. The van der Waals surface area contributed by atoms with Crippen LogP contribution in [0.25, 0.3) is 11.1 Å². The number of ketones is 1. The second-order valence-electron chi connectivity index (χ2n) is 7.58. The molecule has 10 heteroatoms. The Labute approximate surface area is 187 Å². The van der Waals surface area contributed by atoms with Gasteiger partial charge in [0.05, 0.1) is 12.5 Å². The van der Waals surface area contributed by atoms with Crippen LogP contribution in [-0.2, 0) is 14.4 Å². The molecule has 0 bridgehead atoms. The van der Waals surface area contributed by atoms with Crippen molar-refractivity contribution in [2.75, 3.05) is 7.05 Å². The van der Waals surface area contributed by atoms with Gasteiger partial charge in [-0.05, 0) is 36.2 Å². The number of carboxylic acid groups (broad SMARTS) is 1. The van der Waals surface area contributed by atoms with Crippen molar-refractivity contribution in [3.63, 3.8) is 0 Å². The maximum atomic E-state index is 14.2.